The van der Waals surface area contributed by atoms with Crippen LogP contribution in [0.4, 0.5) is 9.18 Å². The van der Waals surface area contributed by atoms with Crippen molar-refractivity contribution in [2.75, 3.05) is 26.2 Å². The molecule has 0 bridgehead atoms. The van der Waals surface area contributed by atoms with Gasteiger partial charge in [0.2, 0.25) is 0 Å². The molecule has 1 saturated heterocycles. The number of carbonyl (C=O) groups is 1. The molecule has 2 amide bonds. The van der Waals surface area contributed by atoms with Gasteiger partial charge in [-0.15, -0.1) is 0 Å². The number of aliphatic hydroxyl groups is 1. The summed E-state index contributed by atoms with van der Waals surface area (Å²) in [7, 11) is 0. The maximum absolute atomic E-state index is 12.9. The molecule has 0 saturated carbocycles. The van der Waals surface area contributed by atoms with Gasteiger partial charge in [0.15, 0.2) is 0 Å². The molecule has 1 unspecified atom stereocenters. The zero-order valence-corrected chi connectivity index (χ0v) is 14.4. The lowest BCUT2D eigenvalue weighted by Crippen LogP contribution is -2.49. The molecule has 0 spiro atoms. The Hall–Kier alpha value is -1.82. The molecule has 1 aromatic rings. The highest BCUT2D eigenvalue weighted by molar-refractivity contribution is 5.74. The number of aliphatic hydroxyl groups excluding tert-OH is 1. The number of likely N-dealkylation sites (tertiary alicyclic amines) is 1. The third-order valence-electron chi connectivity index (χ3n) is 4.89. The summed E-state index contributed by atoms with van der Waals surface area (Å²) >= 11 is 0. The van der Waals surface area contributed by atoms with Gasteiger partial charge in [0.1, 0.15) is 17.7 Å². The van der Waals surface area contributed by atoms with E-state index in [0.717, 1.165) is 19.3 Å². The molecule has 1 aliphatic heterocycles. The Labute approximate surface area is 142 Å². The van der Waals surface area contributed by atoms with Gasteiger partial charge < -0.3 is 20.1 Å². The van der Waals surface area contributed by atoms with Crippen molar-refractivity contribution in [3.63, 3.8) is 0 Å². The van der Waals surface area contributed by atoms with Crippen LogP contribution in [-0.2, 0) is 0 Å². The summed E-state index contributed by atoms with van der Waals surface area (Å²) in [5.41, 5.74) is -0.0320. The molecule has 1 aliphatic rings. The second kappa shape index (κ2) is 8.33. The summed E-state index contributed by atoms with van der Waals surface area (Å²) in [4.78, 5) is 14.0. The van der Waals surface area contributed by atoms with Gasteiger partial charge in [-0.05, 0) is 55.9 Å². The Balaban J connectivity index is 1.74. The maximum Gasteiger partial charge on any atom is 0.317 e. The number of rotatable bonds is 6. The van der Waals surface area contributed by atoms with Gasteiger partial charge in [0, 0.05) is 19.7 Å². The number of nitrogens with zero attached hydrogens (tertiary/aromatic N) is 1. The fourth-order valence-electron chi connectivity index (χ4n) is 2.94. The molecule has 1 heterocycles. The lowest BCUT2D eigenvalue weighted by molar-refractivity contribution is 0.0515. The van der Waals surface area contributed by atoms with E-state index in [1.54, 1.807) is 17.0 Å². The summed E-state index contributed by atoms with van der Waals surface area (Å²) in [6.45, 7) is 5.82. The van der Waals surface area contributed by atoms with Crippen molar-refractivity contribution in [2.45, 2.75) is 39.2 Å². The highest BCUT2D eigenvalue weighted by Gasteiger charge is 2.33. The van der Waals surface area contributed by atoms with Crippen LogP contribution in [0.2, 0.25) is 0 Å². The number of hydrogen-bond acceptors (Lipinski definition) is 3. The zero-order valence-electron chi connectivity index (χ0n) is 14.4. The SMILES string of the molecule is CCC1(CO)CCN(C(=O)NCC(C)Oc2ccc(F)cc2)CC1. The van der Waals surface area contributed by atoms with Gasteiger partial charge in [0.25, 0.3) is 0 Å². The van der Waals surface area contributed by atoms with E-state index in [4.69, 9.17) is 4.74 Å². The first-order valence-electron chi connectivity index (χ1n) is 8.54. The van der Waals surface area contributed by atoms with E-state index in [0.29, 0.717) is 25.4 Å². The maximum atomic E-state index is 12.9. The predicted molar refractivity (Wildman–Crippen MR) is 90.5 cm³/mol. The molecule has 5 nitrogen and oxygen atoms in total. The van der Waals surface area contributed by atoms with Crippen molar-refractivity contribution in [3.8, 4) is 5.75 Å². The summed E-state index contributed by atoms with van der Waals surface area (Å²) in [6, 6.07) is 5.72. The number of carbonyl (C=O) groups excluding carboxylic acids is 1. The number of halogens is 1. The highest BCUT2D eigenvalue weighted by atomic mass is 19.1. The van der Waals surface area contributed by atoms with Gasteiger partial charge >= 0.3 is 6.03 Å². The molecule has 1 aromatic carbocycles. The van der Waals surface area contributed by atoms with Crippen molar-refractivity contribution in [1.29, 1.82) is 0 Å². The van der Waals surface area contributed by atoms with Crippen molar-refractivity contribution in [3.05, 3.63) is 30.1 Å². The third-order valence-corrected chi connectivity index (χ3v) is 4.89. The molecule has 0 aromatic heterocycles. The van der Waals surface area contributed by atoms with Crippen LogP contribution in [0, 0.1) is 11.2 Å². The average molecular weight is 338 g/mol. The monoisotopic (exact) mass is 338 g/mol. The second-order valence-electron chi connectivity index (χ2n) is 6.57. The van der Waals surface area contributed by atoms with E-state index in [9.17, 15) is 14.3 Å². The molecule has 2 rings (SSSR count). The van der Waals surface area contributed by atoms with E-state index in [1.165, 1.54) is 12.1 Å². The van der Waals surface area contributed by atoms with Crippen LogP contribution in [0.5, 0.6) is 5.75 Å². The standard InChI is InChI=1S/C18H27FN2O3/c1-3-18(13-22)8-10-21(11-9-18)17(23)20-12-14(2)24-16-6-4-15(19)5-7-16/h4-7,14,22H,3,8-13H2,1-2H3,(H,20,23). The predicted octanol–water partition coefficient (Wildman–Crippen LogP) is 2.79. The number of hydrogen-bond donors (Lipinski definition) is 2. The normalized spacial score (nSPS) is 18.1. The summed E-state index contributed by atoms with van der Waals surface area (Å²) in [5, 5.41) is 12.4. The van der Waals surface area contributed by atoms with Gasteiger partial charge in [-0.25, -0.2) is 9.18 Å². The van der Waals surface area contributed by atoms with Crippen LogP contribution < -0.4 is 10.1 Å². The fourth-order valence-corrected chi connectivity index (χ4v) is 2.94. The first-order valence-corrected chi connectivity index (χ1v) is 8.54. The van der Waals surface area contributed by atoms with E-state index in [1.807, 2.05) is 6.92 Å². The van der Waals surface area contributed by atoms with Crippen molar-refractivity contribution >= 4 is 6.03 Å². The van der Waals surface area contributed by atoms with Crippen LogP contribution in [0.3, 0.4) is 0 Å². The number of nitrogens with one attached hydrogen (secondary N) is 1. The Morgan fingerprint density at radius 1 is 1.38 bits per heavy atom. The van der Waals surface area contributed by atoms with E-state index in [2.05, 4.69) is 12.2 Å². The molecular formula is C18H27FN2O3. The second-order valence-corrected chi connectivity index (χ2v) is 6.57. The molecule has 134 valence electrons. The van der Waals surface area contributed by atoms with Gasteiger partial charge in [-0.2, -0.15) is 0 Å². The molecule has 0 aliphatic carbocycles. The highest BCUT2D eigenvalue weighted by Crippen LogP contribution is 2.34. The Morgan fingerprint density at radius 3 is 2.54 bits per heavy atom. The number of ether oxygens (including phenoxy) is 1. The zero-order chi connectivity index (χ0) is 17.6. The van der Waals surface area contributed by atoms with Crippen LogP contribution >= 0.6 is 0 Å². The Morgan fingerprint density at radius 2 is 2.00 bits per heavy atom. The van der Waals surface area contributed by atoms with Crippen LogP contribution in [0.1, 0.15) is 33.1 Å². The summed E-state index contributed by atoms with van der Waals surface area (Å²) in [5.74, 6) is 0.270. The topological polar surface area (TPSA) is 61.8 Å². The van der Waals surface area contributed by atoms with Crippen LogP contribution in [0.15, 0.2) is 24.3 Å². The van der Waals surface area contributed by atoms with E-state index in [-0.39, 0.29) is 30.0 Å². The van der Waals surface area contributed by atoms with Crippen LogP contribution in [0.25, 0.3) is 0 Å². The van der Waals surface area contributed by atoms with Crippen molar-refractivity contribution < 1.29 is 19.0 Å². The average Bonchev–Trinajstić information content (AvgIpc) is 2.61. The Kier molecular flexibility index (Phi) is 6.43. The van der Waals surface area contributed by atoms with E-state index < -0.39 is 0 Å². The quantitative estimate of drug-likeness (QED) is 0.838. The molecular weight excluding hydrogens is 311 g/mol. The molecule has 6 heteroatoms. The minimum Gasteiger partial charge on any atom is -0.489 e. The van der Waals surface area contributed by atoms with Crippen molar-refractivity contribution in [1.82, 2.24) is 10.2 Å². The number of piperidine rings is 1. The first kappa shape index (κ1) is 18.5. The molecule has 1 atom stereocenters. The largest absolute Gasteiger partial charge is 0.489 e. The van der Waals surface area contributed by atoms with Gasteiger partial charge in [-0.3, -0.25) is 0 Å². The van der Waals surface area contributed by atoms with Crippen LogP contribution in [-0.4, -0.2) is 48.4 Å². The minimum absolute atomic E-state index is 0.0320. The summed E-state index contributed by atoms with van der Waals surface area (Å²) < 4.78 is 18.5. The number of urea groups is 1. The smallest absolute Gasteiger partial charge is 0.317 e. The van der Waals surface area contributed by atoms with Crippen molar-refractivity contribution in [2.24, 2.45) is 5.41 Å². The van der Waals surface area contributed by atoms with E-state index >= 15 is 0 Å². The fraction of sp³-hybridized carbons (Fsp3) is 0.611. The molecule has 24 heavy (non-hydrogen) atoms. The summed E-state index contributed by atoms with van der Waals surface area (Å²) in [6.07, 6.45) is 2.38. The lowest BCUT2D eigenvalue weighted by Gasteiger charge is -2.40. The van der Waals surface area contributed by atoms with Gasteiger partial charge in [-0.1, -0.05) is 6.92 Å². The number of amides is 2. The first-order chi connectivity index (χ1) is 11.5. The van der Waals surface area contributed by atoms with Gasteiger partial charge in [0.05, 0.1) is 6.54 Å². The molecule has 2 N–H and O–H groups in total. The molecule has 0 radical (unpaired) electrons. The minimum atomic E-state index is -0.306. The molecule has 1 fully saturated rings. The lowest BCUT2D eigenvalue weighted by atomic mass is 9.77. The Bertz CT molecular complexity index is 522. The number of benzene rings is 1. The third kappa shape index (κ3) is 4.84.